The number of pyridine rings is 1. The van der Waals surface area contributed by atoms with Gasteiger partial charge in [0.2, 0.25) is 5.88 Å². The van der Waals surface area contributed by atoms with Crippen LogP contribution in [0.2, 0.25) is 0 Å². The Bertz CT molecular complexity index is 528. The summed E-state index contributed by atoms with van der Waals surface area (Å²) in [5.74, 6) is 0.624. The minimum absolute atomic E-state index is 0.134. The fourth-order valence-electron chi connectivity index (χ4n) is 2.69. The number of rotatable bonds is 5. The highest BCUT2D eigenvalue weighted by Crippen LogP contribution is 2.27. The van der Waals surface area contributed by atoms with Crippen molar-refractivity contribution in [3.8, 4) is 5.88 Å². The van der Waals surface area contributed by atoms with Gasteiger partial charge in [-0.15, -0.1) is 0 Å². The predicted octanol–water partition coefficient (Wildman–Crippen LogP) is 3.34. The van der Waals surface area contributed by atoms with Crippen molar-refractivity contribution in [1.82, 2.24) is 10.3 Å². The molecule has 0 radical (unpaired) electrons. The normalized spacial score (nSPS) is 20.9. The molecule has 2 atom stereocenters. The van der Waals surface area contributed by atoms with Crippen molar-refractivity contribution in [2.45, 2.75) is 64.6 Å². The number of hydrogen-bond donors (Lipinski definition) is 2. The zero-order chi connectivity index (χ0) is 16.9. The molecular weight excluding hydrogens is 294 g/mol. The van der Waals surface area contributed by atoms with Crippen LogP contribution >= 0.6 is 0 Å². The van der Waals surface area contributed by atoms with Crippen LogP contribution in [-0.4, -0.2) is 35.4 Å². The first-order valence-electron chi connectivity index (χ1n) is 8.21. The standard InChI is InChI=1S/C17H27N3O3/c1-5-22-15-14(7-6-10-18-15)19-12-8-9-13(11-12)20-16(21)23-17(2,3)4/h6-7,10,12-13,19H,5,8-9,11H2,1-4H3,(H,20,21). The summed E-state index contributed by atoms with van der Waals surface area (Å²) < 4.78 is 10.8. The van der Waals surface area contributed by atoms with Crippen molar-refractivity contribution in [2.75, 3.05) is 11.9 Å². The summed E-state index contributed by atoms with van der Waals surface area (Å²) in [4.78, 5) is 16.1. The highest BCUT2D eigenvalue weighted by Gasteiger charge is 2.28. The molecule has 1 heterocycles. The van der Waals surface area contributed by atoms with Crippen molar-refractivity contribution in [2.24, 2.45) is 0 Å². The molecule has 2 N–H and O–H groups in total. The average molecular weight is 321 g/mol. The van der Waals surface area contributed by atoms with Crippen LogP contribution in [0.4, 0.5) is 10.5 Å². The summed E-state index contributed by atoms with van der Waals surface area (Å²) in [6.07, 6.45) is 4.15. The zero-order valence-corrected chi connectivity index (χ0v) is 14.4. The maximum absolute atomic E-state index is 11.8. The third kappa shape index (κ3) is 5.62. The predicted molar refractivity (Wildman–Crippen MR) is 89.8 cm³/mol. The third-order valence-electron chi connectivity index (χ3n) is 3.57. The van der Waals surface area contributed by atoms with E-state index in [1.807, 2.05) is 39.8 Å². The molecule has 23 heavy (non-hydrogen) atoms. The van der Waals surface area contributed by atoms with Crippen molar-refractivity contribution in [3.63, 3.8) is 0 Å². The van der Waals surface area contributed by atoms with Gasteiger partial charge >= 0.3 is 6.09 Å². The highest BCUT2D eigenvalue weighted by atomic mass is 16.6. The van der Waals surface area contributed by atoms with E-state index in [0.29, 0.717) is 18.5 Å². The largest absolute Gasteiger partial charge is 0.476 e. The summed E-state index contributed by atoms with van der Waals surface area (Å²) in [5, 5.41) is 6.41. The summed E-state index contributed by atoms with van der Waals surface area (Å²) in [6, 6.07) is 4.27. The second-order valence-electron chi connectivity index (χ2n) is 6.79. The van der Waals surface area contributed by atoms with Gasteiger partial charge in [-0.2, -0.15) is 0 Å². The summed E-state index contributed by atoms with van der Waals surface area (Å²) in [6.45, 7) is 8.11. The van der Waals surface area contributed by atoms with Crippen LogP contribution < -0.4 is 15.4 Å². The Labute approximate surface area is 138 Å². The smallest absolute Gasteiger partial charge is 0.407 e. The first kappa shape index (κ1) is 17.4. The van der Waals surface area contributed by atoms with Gasteiger partial charge in [-0.1, -0.05) is 0 Å². The van der Waals surface area contributed by atoms with E-state index >= 15 is 0 Å². The first-order valence-corrected chi connectivity index (χ1v) is 8.21. The third-order valence-corrected chi connectivity index (χ3v) is 3.57. The Morgan fingerprint density at radius 2 is 2.09 bits per heavy atom. The van der Waals surface area contributed by atoms with Crippen LogP contribution in [-0.2, 0) is 4.74 Å². The molecule has 1 aromatic heterocycles. The lowest BCUT2D eigenvalue weighted by molar-refractivity contribution is 0.0505. The van der Waals surface area contributed by atoms with E-state index in [1.165, 1.54) is 0 Å². The molecule has 0 spiro atoms. The molecule has 1 amide bonds. The molecule has 0 saturated heterocycles. The number of carbonyl (C=O) groups is 1. The van der Waals surface area contributed by atoms with Crippen LogP contribution in [0.3, 0.4) is 0 Å². The first-order chi connectivity index (χ1) is 10.9. The molecule has 1 fully saturated rings. The molecule has 6 nitrogen and oxygen atoms in total. The molecule has 0 aromatic carbocycles. The maximum atomic E-state index is 11.8. The number of aromatic nitrogens is 1. The molecule has 128 valence electrons. The van der Waals surface area contributed by atoms with Crippen molar-refractivity contribution >= 4 is 11.8 Å². The van der Waals surface area contributed by atoms with E-state index in [0.717, 1.165) is 24.9 Å². The number of amides is 1. The number of anilines is 1. The van der Waals surface area contributed by atoms with Gasteiger partial charge in [0.05, 0.1) is 12.3 Å². The number of nitrogens with zero attached hydrogens (tertiary/aromatic N) is 1. The Hall–Kier alpha value is -1.98. The number of alkyl carbamates (subject to hydrolysis) is 1. The lowest BCUT2D eigenvalue weighted by Gasteiger charge is -2.22. The molecule has 6 heteroatoms. The maximum Gasteiger partial charge on any atom is 0.407 e. The van der Waals surface area contributed by atoms with Crippen molar-refractivity contribution in [1.29, 1.82) is 0 Å². The van der Waals surface area contributed by atoms with E-state index in [2.05, 4.69) is 15.6 Å². The number of ether oxygens (including phenoxy) is 2. The van der Waals surface area contributed by atoms with Gasteiger partial charge in [0.1, 0.15) is 5.60 Å². The molecule has 2 unspecified atom stereocenters. The van der Waals surface area contributed by atoms with Crippen LogP contribution in [0.1, 0.15) is 47.0 Å². The van der Waals surface area contributed by atoms with Crippen molar-refractivity contribution < 1.29 is 14.3 Å². The molecule has 0 bridgehead atoms. The molecule has 2 rings (SSSR count). The molecule has 1 aromatic rings. The monoisotopic (exact) mass is 321 g/mol. The molecule has 1 saturated carbocycles. The van der Waals surface area contributed by atoms with Crippen molar-refractivity contribution in [3.05, 3.63) is 18.3 Å². The van der Waals surface area contributed by atoms with Crippen LogP contribution in [0.5, 0.6) is 5.88 Å². The topological polar surface area (TPSA) is 72.5 Å². The van der Waals surface area contributed by atoms with E-state index in [-0.39, 0.29) is 12.1 Å². The molecule has 1 aliphatic carbocycles. The van der Waals surface area contributed by atoms with Gasteiger partial charge in [0.25, 0.3) is 0 Å². The second kappa shape index (κ2) is 7.53. The highest BCUT2D eigenvalue weighted by molar-refractivity contribution is 5.68. The summed E-state index contributed by atoms with van der Waals surface area (Å²) >= 11 is 0. The minimum atomic E-state index is -0.470. The zero-order valence-electron chi connectivity index (χ0n) is 14.4. The van der Waals surface area contributed by atoms with E-state index in [4.69, 9.17) is 9.47 Å². The van der Waals surface area contributed by atoms with E-state index in [1.54, 1.807) is 6.20 Å². The van der Waals surface area contributed by atoms with Gasteiger partial charge < -0.3 is 20.1 Å². The van der Waals surface area contributed by atoms with Gasteiger partial charge in [-0.05, 0) is 59.1 Å². The minimum Gasteiger partial charge on any atom is -0.476 e. The second-order valence-corrected chi connectivity index (χ2v) is 6.79. The molecule has 1 aliphatic rings. The van der Waals surface area contributed by atoms with E-state index in [9.17, 15) is 4.79 Å². The van der Waals surface area contributed by atoms with Gasteiger partial charge in [-0.25, -0.2) is 9.78 Å². The average Bonchev–Trinajstić information content (AvgIpc) is 2.86. The fraction of sp³-hybridized carbons (Fsp3) is 0.647. The summed E-state index contributed by atoms with van der Waals surface area (Å²) in [7, 11) is 0. The van der Waals surface area contributed by atoms with Gasteiger partial charge in [-0.3, -0.25) is 0 Å². The number of hydrogen-bond acceptors (Lipinski definition) is 5. The SMILES string of the molecule is CCOc1ncccc1NC1CCC(NC(=O)OC(C)(C)C)C1. The Morgan fingerprint density at radius 3 is 2.78 bits per heavy atom. The quantitative estimate of drug-likeness (QED) is 0.870. The lowest BCUT2D eigenvalue weighted by Crippen LogP contribution is -2.38. The Kier molecular flexibility index (Phi) is 5.69. The van der Waals surface area contributed by atoms with Crippen LogP contribution in [0.15, 0.2) is 18.3 Å². The lowest BCUT2D eigenvalue weighted by atomic mass is 10.2. The Morgan fingerprint density at radius 1 is 1.35 bits per heavy atom. The number of carbonyl (C=O) groups excluding carboxylic acids is 1. The fourth-order valence-corrected chi connectivity index (χ4v) is 2.69. The van der Waals surface area contributed by atoms with E-state index < -0.39 is 5.60 Å². The van der Waals surface area contributed by atoms with Crippen LogP contribution in [0.25, 0.3) is 0 Å². The number of nitrogens with one attached hydrogen (secondary N) is 2. The summed E-state index contributed by atoms with van der Waals surface area (Å²) in [5.41, 5.74) is 0.430. The molecule has 0 aliphatic heterocycles. The van der Waals surface area contributed by atoms with Crippen LogP contribution in [0, 0.1) is 0 Å². The van der Waals surface area contributed by atoms with Gasteiger partial charge in [0.15, 0.2) is 0 Å². The Balaban J connectivity index is 1.85. The molecular formula is C17H27N3O3. The van der Waals surface area contributed by atoms with Gasteiger partial charge in [0, 0.05) is 18.3 Å².